The molecule has 0 aliphatic heterocycles. The summed E-state index contributed by atoms with van der Waals surface area (Å²) in [5.74, 6) is -0.0625. The van der Waals surface area contributed by atoms with E-state index < -0.39 is 0 Å². The molecule has 0 atom stereocenters. The van der Waals surface area contributed by atoms with Crippen LogP contribution >= 0.6 is 0 Å². The first kappa shape index (κ1) is 26.3. The van der Waals surface area contributed by atoms with Crippen molar-refractivity contribution in [2.45, 2.75) is 40.0 Å². The van der Waals surface area contributed by atoms with Gasteiger partial charge in [0.2, 0.25) is 0 Å². The molecule has 0 fully saturated rings. The molecule has 1 N–H and O–H groups in total. The molecule has 0 saturated carbocycles. The molecular formula is C30H28IrNO3-. The standard InChI is InChI=1S/C25H20NO.C5H8O2.Ir/c1-25(2,3)17-14-12-16(13-15-17)23-24-22(18-8-4-6-10-20(18)26-23)19-9-5-7-11-21(19)27-24;1-4(6)3-5(2)7;/h4-12,14-15H,1-3H3;3,6H,1-2H3;/q-1;;/b;4-3-;. The van der Waals surface area contributed by atoms with Gasteiger partial charge in [0.25, 0.3) is 0 Å². The van der Waals surface area contributed by atoms with E-state index in [1.807, 2.05) is 18.2 Å². The number of hydrogen-bond donors (Lipinski definition) is 1. The van der Waals surface area contributed by atoms with Crippen LogP contribution in [-0.4, -0.2) is 15.9 Å². The van der Waals surface area contributed by atoms with Gasteiger partial charge < -0.3 is 9.52 Å². The zero-order valence-corrected chi connectivity index (χ0v) is 22.9. The smallest absolute Gasteiger partial charge is 0.155 e. The van der Waals surface area contributed by atoms with Crippen LogP contribution in [0.4, 0.5) is 0 Å². The van der Waals surface area contributed by atoms with Crippen LogP contribution in [0.3, 0.4) is 0 Å². The number of aliphatic hydroxyl groups is 1. The summed E-state index contributed by atoms with van der Waals surface area (Å²) < 4.78 is 6.26. The van der Waals surface area contributed by atoms with Gasteiger partial charge in [-0.05, 0) is 31.4 Å². The number of allylic oxidation sites excluding steroid dienone is 2. The van der Waals surface area contributed by atoms with Crippen LogP contribution in [0.1, 0.15) is 40.2 Å². The molecule has 5 heteroatoms. The Hall–Kier alpha value is -3.27. The van der Waals surface area contributed by atoms with Crippen LogP contribution in [0.25, 0.3) is 44.1 Å². The summed E-state index contributed by atoms with van der Waals surface area (Å²) in [6.45, 7) is 9.48. The maximum Gasteiger partial charge on any atom is 0.155 e. The van der Waals surface area contributed by atoms with Crippen molar-refractivity contribution in [2.75, 3.05) is 0 Å². The quantitative estimate of drug-likeness (QED) is 0.121. The number of rotatable bonds is 2. The topological polar surface area (TPSA) is 63.3 Å². The van der Waals surface area contributed by atoms with Crippen molar-refractivity contribution in [3.8, 4) is 11.3 Å². The van der Waals surface area contributed by atoms with Gasteiger partial charge in [-0.1, -0.05) is 57.2 Å². The molecule has 0 unspecified atom stereocenters. The van der Waals surface area contributed by atoms with Crippen molar-refractivity contribution in [3.63, 3.8) is 0 Å². The van der Waals surface area contributed by atoms with E-state index in [1.165, 1.54) is 25.5 Å². The summed E-state index contributed by atoms with van der Waals surface area (Å²) >= 11 is 0. The van der Waals surface area contributed by atoms with Crippen molar-refractivity contribution >= 4 is 38.6 Å². The molecule has 2 heterocycles. The fourth-order valence-corrected chi connectivity index (χ4v) is 3.95. The van der Waals surface area contributed by atoms with Gasteiger partial charge in [-0.15, -0.1) is 35.4 Å². The zero-order valence-electron chi connectivity index (χ0n) is 20.5. The predicted molar refractivity (Wildman–Crippen MR) is 139 cm³/mol. The number of benzene rings is 3. The van der Waals surface area contributed by atoms with Gasteiger partial charge in [0.05, 0.1) is 11.3 Å². The SMILES string of the molecule is CC(=O)/C=C(/C)O.CC(C)(C)c1c[c-]c(-c2nc3ccccc3c3c2oc2ccccc23)cc1.[Ir]. The first-order valence-corrected chi connectivity index (χ1v) is 11.3. The Bertz CT molecular complexity index is 1520. The maximum atomic E-state index is 10.0. The van der Waals surface area contributed by atoms with Crippen LogP contribution in [0.2, 0.25) is 0 Å². The molecule has 0 aliphatic rings. The molecule has 4 nitrogen and oxygen atoms in total. The Kier molecular flexibility index (Phi) is 7.94. The number of pyridine rings is 1. The zero-order chi connectivity index (χ0) is 24.5. The van der Waals surface area contributed by atoms with Gasteiger partial charge in [-0.2, -0.15) is 0 Å². The molecule has 0 bridgehead atoms. The largest absolute Gasteiger partial charge is 0.512 e. The van der Waals surface area contributed by atoms with Crippen LogP contribution in [-0.2, 0) is 30.3 Å². The molecule has 0 amide bonds. The minimum absolute atomic E-state index is 0. The second kappa shape index (κ2) is 10.6. The number of ketones is 1. The second-order valence-corrected chi connectivity index (χ2v) is 9.42. The van der Waals surface area contributed by atoms with E-state index in [0.29, 0.717) is 0 Å². The molecule has 5 aromatic rings. The molecule has 0 saturated heterocycles. The van der Waals surface area contributed by atoms with Crippen molar-refractivity contribution in [1.29, 1.82) is 0 Å². The van der Waals surface area contributed by atoms with Gasteiger partial charge in [-0.3, -0.25) is 9.78 Å². The van der Waals surface area contributed by atoms with E-state index >= 15 is 0 Å². The summed E-state index contributed by atoms with van der Waals surface area (Å²) in [5.41, 5.74) is 5.85. The summed E-state index contributed by atoms with van der Waals surface area (Å²) in [6.07, 6.45) is 1.17. The van der Waals surface area contributed by atoms with Crippen molar-refractivity contribution in [2.24, 2.45) is 0 Å². The van der Waals surface area contributed by atoms with Crippen molar-refractivity contribution in [3.05, 3.63) is 90.2 Å². The fourth-order valence-electron chi connectivity index (χ4n) is 3.95. The molecule has 181 valence electrons. The number of nitrogens with zero attached hydrogens (tertiary/aromatic N) is 1. The Morgan fingerprint density at radius 2 is 1.63 bits per heavy atom. The van der Waals surface area contributed by atoms with E-state index in [0.717, 1.165) is 44.1 Å². The average molecular weight is 643 g/mol. The van der Waals surface area contributed by atoms with E-state index in [1.54, 1.807) is 0 Å². The van der Waals surface area contributed by atoms with Gasteiger partial charge in [0.1, 0.15) is 11.2 Å². The number of aliphatic hydroxyl groups excluding tert-OH is 1. The third-order valence-electron chi connectivity index (χ3n) is 5.56. The van der Waals surface area contributed by atoms with E-state index in [9.17, 15) is 4.79 Å². The van der Waals surface area contributed by atoms with Gasteiger partial charge in [-0.25, -0.2) is 0 Å². The minimum Gasteiger partial charge on any atom is -0.512 e. The molecule has 0 spiro atoms. The Morgan fingerprint density at radius 1 is 0.971 bits per heavy atom. The van der Waals surface area contributed by atoms with E-state index in [-0.39, 0.29) is 37.1 Å². The summed E-state index contributed by atoms with van der Waals surface area (Å²) in [5, 5.41) is 11.7. The number of hydrogen-bond acceptors (Lipinski definition) is 4. The normalized spacial score (nSPS) is 11.7. The first-order chi connectivity index (χ1) is 16.1. The van der Waals surface area contributed by atoms with Crippen molar-refractivity contribution in [1.82, 2.24) is 4.98 Å². The molecule has 0 aliphatic carbocycles. The molecule has 5 rings (SSSR count). The second-order valence-electron chi connectivity index (χ2n) is 9.42. The summed E-state index contributed by atoms with van der Waals surface area (Å²) in [6, 6.07) is 26.2. The molecule has 1 radical (unpaired) electrons. The maximum absolute atomic E-state index is 10.0. The number of carbonyl (C=O) groups excluding carboxylic acids is 1. The number of para-hydroxylation sites is 2. The molecule has 35 heavy (non-hydrogen) atoms. The molecule has 2 aromatic heterocycles. The van der Waals surface area contributed by atoms with Gasteiger partial charge in [0, 0.05) is 48.0 Å². The number of furan rings is 1. The number of fused-ring (bicyclic) bond motifs is 5. The number of carbonyl (C=O) groups is 1. The first-order valence-electron chi connectivity index (χ1n) is 11.3. The Labute approximate surface area is 219 Å². The third kappa shape index (κ3) is 5.70. The fraction of sp³-hybridized carbons (Fsp3) is 0.200. The van der Waals surface area contributed by atoms with Crippen LogP contribution in [0, 0.1) is 6.07 Å². The van der Waals surface area contributed by atoms with Gasteiger partial charge >= 0.3 is 0 Å². The minimum atomic E-state index is -0.125. The number of aromatic nitrogens is 1. The summed E-state index contributed by atoms with van der Waals surface area (Å²) in [7, 11) is 0. The monoisotopic (exact) mass is 643 g/mol. The average Bonchev–Trinajstić information content (AvgIpc) is 3.17. The predicted octanol–water partition coefficient (Wildman–Crippen LogP) is 7.93. The van der Waals surface area contributed by atoms with Crippen LogP contribution in [0.15, 0.2) is 83.0 Å². The van der Waals surface area contributed by atoms with Crippen molar-refractivity contribution < 1.29 is 34.4 Å². The van der Waals surface area contributed by atoms with Crippen LogP contribution in [0.5, 0.6) is 0 Å². The van der Waals surface area contributed by atoms with E-state index in [2.05, 4.69) is 75.4 Å². The van der Waals surface area contributed by atoms with E-state index in [4.69, 9.17) is 14.5 Å². The Morgan fingerprint density at radius 3 is 2.20 bits per heavy atom. The summed E-state index contributed by atoms with van der Waals surface area (Å²) in [4.78, 5) is 15.0. The molecular weight excluding hydrogens is 615 g/mol. The Balaban J connectivity index is 0.000000378. The van der Waals surface area contributed by atoms with Crippen LogP contribution < -0.4 is 0 Å². The van der Waals surface area contributed by atoms with Gasteiger partial charge in [0.15, 0.2) is 5.78 Å². The third-order valence-corrected chi connectivity index (χ3v) is 5.56. The molecule has 3 aromatic carbocycles.